The van der Waals surface area contributed by atoms with Crippen LogP contribution in [0.1, 0.15) is 24.7 Å². The summed E-state index contributed by atoms with van der Waals surface area (Å²) >= 11 is 0. The quantitative estimate of drug-likeness (QED) is 0.719. The van der Waals surface area contributed by atoms with E-state index in [4.69, 9.17) is 9.26 Å². The Bertz CT molecular complexity index is 938. The van der Waals surface area contributed by atoms with Gasteiger partial charge in [0.15, 0.2) is 11.6 Å². The van der Waals surface area contributed by atoms with Crippen molar-refractivity contribution in [2.75, 3.05) is 13.1 Å². The topological polar surface area (TPSA) is 83.4 Å². The van der Waals surface area contributed by atoms with Gasteiger partial charge in [0, 0.05) is 41.8 Å². The summed E-state index contributed by atoms with van der Waals surface area (Å²) in [5.74, 6) is 0.225. The number of hydrogen-bond donors (Lipinski definition) is 2. The van der Waals surface area contributed by atoms with E-state index in [-0.39, 0.29) is 18.4 Å². The van der Waals surface area contributed by atoms with Gasteiger partial charge in [0.1, 0.15) is 18.6 Å². The number of carbonyl (C=O) groups excluding carboxylic acids is 1. The van der Waals surface area contributed by atoms with Crippen LogP contribution in [0.5, 0.6) is 5.75 Å². The molecule has 27 heavy (non-hydrogen) atoms. The van der Waals surface area contributed by atoms with E-state index in [0.29, 0.717) is 18.2 Å². The number of hydrogen-bond acceptors (Lipinski definition) is 4. The second kappa shape index (κ2) is 7.30. The van der Waals surface area contributed by atoms with Crippen LogP contribution in [0.2, 0.25) is 0 Å². The van der Waals surface area contributed by atoms with Gasteiger partial charge in [-0.25, -0.2) is 9.18 Å². The maximum Gasteiger partial charge on any atom is 0.317 e. The Morgan fingerprint density at radius 2 is 2.37 bits per heavy atom. The van der Waals surface area contributed by atoms with Crippen LogP contribution in [0.3, 0.4) is 0 Å². The van der Waals surface area contributed by atoms with E-state index >= 15 is 0 Å². The molecule has 8 heteroatoms. The fourth-order valence-electron chi connectivity index (χ4n) is 3.26. The number of carbonyl (C=O) groups is 1. The normalized spacial score (nSPS) is 16.8. The molecule has 2 N–H and O–H groups in total. The van der Waals surface area contributed by atoms with Gasteiger partial charge in [0.25, 0.3) is 0 Å². The first-order chi connectivity index (χ1) is 13.1. The van der Waals surface area contributed by atoms with Crippen LogP contribution in [0.15, 0.2) is 35.1 Å². The monoisotopic (exact) mass is 372 g/mol. The van der Waals surface area contributed by atoms with Crippen LogP contribution in [-0.2, 0) is 13.2 Å². The van der Waals surface area contributed by atoms with Crippen molar-refractivity contribution in [3.8, 4) is 5.75 Å². The zero-order valence-corrected chi connectivity index (χ0v) is 15.0. The van der Waals surface area contributed by atoms with Gasteiger partial charge in [0.2, 0.25) is 0 Å². The largest absolute Gasteiger partial charge is 0.484 e. The number of fused-ring (bicyclic) bond motifs is 1. The van der Waals surface area contributed by atoms with Crippen molar-refractivity contribution < 1.29 is 18.4 Å². The second-order valence-electron chi connectivity index (χ2n) is 6.94. The first-order valence-corrected chi connectivity index (χ1v) is 8.94. The van der Waals surface area contributed by atoms with Gasteiger partial charge in [-0.2, -0.15) is 0 Å². The molecule has 2 aromatic heterocycles. The molecule has 1 aromatic carbocycles. The second-order valence-corrected chi connectivity index (χ2v) is 6.94. The molecule has 142 valence electrons. The number of amides is 2. The van der Waals surface area contributed by atoms with E-state index in [0.717, 1.165) is 36.1 Å². The lowest BCUT2D eigenvalue weighted by molar-refractivity contribution is 0.207. The van der Waals surface area contributed by atoms with Crippen molar-refractivity contribution in [1.82, 2.24) is 20.4 Å². The van der Waals surface area contributed by atoms with E-state index in [1.165, 1.54) is 12.3 Å². The Balaban J connectivity index is 1.41. The highest BCUT2D eigenvalue weighted by Crippen LogP contribution is 2.26. The van der Waals surface area contributed by atoms with Gasteiger partial charge in [-0.15, -0.1) is 0 Å². The molecule has 0 spiro atoms. The predicted octanol–water partition coefficient (Wildman–Crippen LogP) is 3.43. The number of aromatic nitrogens is 2. The van der Waals surface area contributed by atoms with Crippen molar-refractivity contribution in [3.05, 3.63) is 47.7 Å². The maximum absolute atomic E-state index is 14.3. The molecule has 4 rings (SSSR count). The molecular formula is C19H21FN4O3. The van der Waals surface area contributed by atoms with Crippen LogP contribution in [0.25, 0.3) is 10.9 Å². The smallest absolute Gasteiger partial charge is 0.317 e. The molecule has 1 aliphatic rings. The lowest BCUT2D eigenvalue weighted by atomic mass is 10.2. The van der Waals surface area contributed by atoms with Gasteiger partial charge < -0.3 is 24.5 Å². The highest BCUT2D eigenvalue weighted by molar-refractivity contribution is 5.82. The number of rotatable bonds is 5. The number of H-pyrrole nitrogens is 1. The molecule has 1 fully saturated rings. The number of aromatic amines is 1. The molecule has 3 heterocycles. The Morgan fingerprint density at radius 3 is 3.11 bits per heavy atom. The molecule has 2 amide bonds. The Morgan fingerprint density at radius 1 is 1.48 bits per heavy atom. The Kier molecular flexibility index (Phi) is 4.70. The van der Waals surface area contributed by atoms with Crippen LogP contribution < -0.4 is 10.1 Å². The van der Waals surface area contributed by atoms with Gasteiger partial charge >= 0.3 is 6.03 Å². The number of benzene rings is 1. The molecule has 0 aliphatic carbocycles. The summed E-state index contributed by atoms with van der Waals surface area (Å²) in [6, 6.07) is 6.44. The zero-order valence-electron chi connectivity index (χ0n) is 15.0. The Hall–Kier alpha value is -3.03. The fraction of sp³-hybridized carbons (Fsp3) is 0.368. The summed E-state index contributed by atoms with van der Waals surface area (Å²) in [5, 5.41) is 7.36. The van der Waals surface area contributed by atoms with Gasteiger partial charge in [-0.05, 0) is 24.5 Å². The van der Waals surface area contributed by atoms with Crippen LogP contribution in [0, 0.1) is 11.7 Å². The number of ether oxygens (including phenoxy) is 1. The third-order valence-electron chi connectivity index (χ3n) is 4.74. The van der Waals surface area contributed by atoms with Crippen LogP contribution >= 0.6 is 0 Å². The minimum absolute atomic E-state index is 0.0687. The van der Waals surface area contributed by atoms with Crippen molar-refractivity contribution in [3.63, 3.8) is 0 Å². The van der Waals surface area contributed by atoms with Crippen molar-refractivity contribution in [1.29, 1.82) is 0 Å². The van der Waals surface area contributed by atoms with Crippen molar-refractivity contribution >= 4 is 16.9 Å². The lowest BCUT2D eigenvalue weighted by Gasteiger charge is -2.16. The average molecular weight is 372 g/mol. The molecule has 1 aliphatic heterocycles. The number of nitrogens with one attached hydrogen (secondary N) is 2. The lowest BCUT2D eigenvalue weighted by Crippen LogP contribution is -2.38. The van der Waals surface area contributed by atoms with Gasteiger partial charge in [-0.3, -0.25) is 0 Å². The molecule has 1 atom stereocenters. The summed E-state index contributed by atoms with van der Waals surface area (Å²) < 4.78 is 24.5. The summed E-state index contributed by atoms with van der Waals surface area (Å²) in [6.07, 6.45) is 2.47. The van der Waals surface area contributed by atoms with Crippen LogP contribution in [-0.4, -0.2) is 34.2 Å². The van der Waals surface area contributed by atoms with Crippen molar-refractivity contribution in [2.45, 2.75) is 26.5 Å². The standard InChI is InChI=1S/C19H21FN4O3/c1-12-2-4-24(10-12)19(25)21-9-15-6-13-7-16(20)18(8-17(13)22-15)26-11-14-3-5-27-23-14/h3,5-8,12,22H,2,4,9-11H2,1H3,(H,21,25)/t12-/m1/s1. The molecule has 0 bridgehead atoms. The third-order valence-corrected chi connectivity index (χ3v) is 4.74. The van der Waals surface area contributed by atoms with Crippen molar-refractivity contribution in [2.24, 2.45) is 5.92 Å². The van der Waals surface area contributed by atoms with Gasteiger partial charge in [0.05, 0.1) is 6.54 Å². The molecule has 0 unspecified atom stereocenters. The fourth-order valence-corrected chi connectivity index (χ4v) is 3.26. The SMILES string of the molecule is C[C@@H]1CCN(C(=O)NCc2cc3cc(F)c(OCc4ccon4)cc3[nH]2)C1. The first kappa shape index (κ1) is 17.4. The molecular weight excluding hydrogens is 351 g/mol. The molecule has 3 aromatic rings. The average Bonchev–Trinajstić information content (AvgIpc) is 3.38. The summed E-state index contributed by atoms with van der Waals surface area (Å²) in [6.45, 7) is 4.20. The number of urea groups is 1. The summed E-state index contributed by atoms with van der Waals surface area (Å²) in [7, 11) is 0. The number of halogens is 1. The van der Waals surface area contributed by atoms with Gasteiger partial charge in [-0.1, -0.05) is 12.1 Å². The van der Waals surface area contributed by atoms with E-state index in [2.05, 4.69) is 22.4 Å². The molecule has 1 saturated heterocycles. The molecule has 0 saturated carbocycles. The first-order valence-electron chi connectivity index (χ1n) is 8.94. The predicted molar refractivity (Wildman–Crippen MR) is 96.7 cm³/mol. The van der Waals surface area contributed by atoms with Crippen LogP contribution in [0.4, 0.5) is 9.18 Å². The highest BCUT2D eigenvalue weighted by atomic mass is 19.1. The van der Waals surface area contributed by atoms with E-state index in [9.17, 15) is 9.18 Å². The Labute approximate surface area is 155 Å². The summed E-state index contributed by atoms with van der Waals surface area (Å²) in [5.41, 5.74) is 2.13. The maximum atomic E-state index is 14.3. The summed E-state index contributed by atoms with van der Waals surface area (Å²) in [4.78, 5) is 17.2. The zero-order chi connectivity index (χ0) is 18.8. The molecule has 7 nitrogen and oxygen atoms in total. The minimum atomic E-state index is -0.452. The highest BCUT2D eigenvalue weighted by Gasteiger charge is 2.22. The molecule has 0 radical (unpaired) electrons. The van der Waals surface area contributed by atoms with E-state index < -0.39 is 5.82 Å². The van der Waals surface area contributed by atoms with E-state index in [1.54, 1.807) is 12.1 Å². The minimum Gasteiger partial charge on any atom is -0.484 e. The third kappa shape index (κ3) is 3.89. The van der Waals surface area contributed by atoms with E-state index in [1.807, 2.05) is 11.0 Å². The number of likely N-dealkylation sites (tertiary alicyclic amines) is 1. The number of nitrogens with zero attached hydrogens (tertiary/aromatic N) is 2.